The Balaban J connectivity index is 1.74. The number of aliphatic hydroxyl groups is 2. The van der Waals surface area contributed by atoms with E-state index < -0.39 is 18.2 Å². The second-order valence-corrected chi connectivity index (χ2v) is 8.01. The lowest BCUT2D eigenvalue weighted by Crippen LogP contribution is -2.26. The van der Waals surface area contributed by atoms with Gasteiger partial charge in [0.25, 0.3) is 0 Å². The molecule has 0 aromatic rings. The van der Waals surface area contributed by atoms with Gasteiger partial charge in [-0.3, -0.25) is 14.4 Å². The van der Waals surface area contributed by atoms with E-state index in [-0.39, 0.29) is 42.2 Å². The largest absolute Gasteiger partial charge is 0.481 e. The number of hydrogen-bond donors (Lipinski definition) is 3. The van der Waals surface area contributed by atoms with E-state index in [0.717, 1.165) is 25.7 Å². The van der Waals surface area contributed by atoms with Gasteiger partial charge in [0.15, 0.2) is 5.78 Å². The van der Waals surface area contributed by atoms with Gasteiger partial charge in [0.1, 0.15) is 0 Å². The molecule has 0 aromatic carbocycles. The second kappa shape index (κ2) is 10.7. The zero-order valence-corrected chi connectivity index (χ0v) is 15.9. The van der Waals surface area contributed by atoms with Gasteiger partial charge in [-0.1, -0.05) is 31.4 Å². The van der Waals surface area contributed by atoms with Crippen molar-refractivity contribution in [1.29, 1.82) is 0 Å². The molecule has 0 radical (unpaired) electrons. The molecule has 152 valence electrons. The van der Waals surface area contributed by atoms with Crippen molar-refractivity contribution >= 4 is 17.5 Å². The van der Waals surface area contributed by atoms with Crippen molar-refractivity contribution in [2.24, 2.45) is 17.8 Å². The minimum absolute atomic E-state index is 0.0597. The van der Waals surface area contributed by atoms with Crippen LogP contribution in [0.3, 0.4) is 0 Å². The average Bonchev–Trinajstić information content (AvgIpc) is 3.24. The van der Waals surface area contributed by atoms with Gasteiger partial charge < -0.3 is 15.3 Å². The van der Waals surface area contributed by atoms with E-state index in [0.29, 0.717) is 32.1 Å². The maximum absolute atomic E-state index is 12.2. The SMILES string of the molecule is O=C(O)CCCCCC[C@@H]1[C@@H](CCC(=O)C(=O)C2CC=CC2)[C@H](O)C[C@@H]1O. The molecule has 0 unspecified atom stereocenters. The van der Waals surface area contributed by atoms with E-state index in [4.69, 9.17) is 5.11 Å². The molecule has 0 aliphatic heterocycles. The maximum atomic E-state index is 12.2. The van der Waals surface area contributed by atoms with Crippen LogP contribution in [0.15, 0.2) is 12.2 Å². The molecular weight excluding hydrogens is 348 g/mol. The first-order chi connectivity index (χ1) is 12.9. The van der Waals surface area contributed by atoms with E-state index in [2.05, 4.69) is 0 Å². The van der Waals surface area contributed by atoms with Crippen LogP contribution >= 0.6 is 0 Å². The first-order valence-corrected chi connectivity index (χ1v) is 10.2. The van der Waals surface area contributed by atoms with Crippen molar-refractivity contribution in [2.75, 3.05) is 0 Å². The minimum Gasteiger partial charge on any atom is -0.481 e. The van der Waals surface area contributed by atoms with E-state index in [9.17, 15) is 24.6 Å². The van der Waals surface area contributed by atoms with E-state index >= 15 is 0 Å². The second-order valence-electron chi connectivity index (χ2n) is 8.01. The molecular formula is C21H32O6. The molecule has 2 aliphatic rings. The number of carboxylic acid groups (broad SMARTS) is 1. The van der Waals surface area contributed by atoms with Gasteiger partial charge in [-0.05, 0) is 50.4 Å². The molecule has 0 spiro atoms. The highest BCUT2D eigenvalue weighted by Gasteiger charge is 2.41. The summed E-state index contributed by atoms with van der Waals surface area (Å²) in [7, 11) is 0. The first-order valence-electron chi connectivity index (χ1n) is 10.2. The highest BCUT2D eigenvalue weighted by Crippen LogP contribution is 2.39. The summed E-state index contributed by atoms with van der Waals surface area (Å²) in [6.07, 6.45) is 9.02. The molecule has 6 nitrogen and oxygen atoms in total. The van der Waals surface area contributed by atoms with E-state index in [1.165, 1.54) is 0 Å². The van der Waals surface area contributed by atoms with Crippen LogP contribution in [0, 0.1) is 17.8 Å². The van der Waals surface area contributed by atoms with Gasteiger partial charge in [-0.2, -0.15) is 0 Å². The number of allylic oxidation sites excluding steroid dienone is 2. The molecule has 0 heterocycles. The van der Waals surface area contributed by atoms with Crippen molar-refractivity contribution in [3.05, 3.63) is 12.2 Å². The zero-order valence-electron chi connectivity index (χ0n) is 15.9. The first kappa shape index (κ1) is 21.8. The van der Waals surface area contributed by atoms with Gasteiger partial charge in [0.05, 0.1) is 12.2 Å². The maximum Gasteiger partial charge on any atom is 0.303 e. The van der Waals surface area contributed by atoms with Gasteiger partial charge >= 0.3 is 5.97 Å². The summed E-state index contributed by atoms with van der Waals surface area (Å²) in [5.41, 5.74) is 0. The summed E-state index contributed by atoms with van der Waals surface area (Å²) in [5.74, 6) is -1.86. The predicted octanol–water partition coefficient (Wildman–Crippen LogP) is 2.65. The molecule has 1 fully saturated rings. The molecule has 6 heteroatoms. The van der Waals surface area contributed by atoms with E-state index in [1.807, 2.05) is 12.2 Å². The molecule has 0 bridgehead atoms. The molecule has 0 aromatic heterocycles. The summed E-state index contributed by atoms with van der Waals surface area (Å²) < 4.78 is 0. The summed E-state index contributed by atoms with van der Waals surface area (Å²) >= 11 is 0. The molecule has 27 heavy (non-hydrogen) atoms. The number of aliphatic hydroxyl groups excluding tert-OH is 2. The minimum atomic E-state index is -0.781. The fraction of sp³-hybridized carbons (Fsp3) is 0.762. The zero-order chi connectivity index (χ0) is 19.8. The number of rotatable bonds is 12. The van der Waals surface area contributed by atoms with Crippen molar-refractivity contribution in [3.63, 3.8) is 0 Å². The van der Waals surface area contributed by atoms with Gasteiger partial charge in [0, 0.05) is 18.8 Å². The molecule has 2 aliphatic carbocycles. The lowest BCUT2D eigenvalue weighted by Gasteiger charge is -2.23. The quantitative estimate of drug-likeness (QED) is 0.273. The normalized spacial score (nSPS) is 27.9. The Labute approximate surface area is 160 Å². The third-order valence-corrected chi connectivity index (χ3v) is 6.06. The highest BCUT2D eigenvalue weighted by molar-refractivity contribution is 6.38. The lowest BCUT2D eigenvalue weighted by molar-refractivity contribution is -0.139. The molecule has 3 N–H and O–H groups in total. The average molecular weight is 380 g/mol. The molecule has 0 amide bonds. The summed E-state index contributed by atoms with van der Waals surface area (Å²) in [4.78, 5) is 34.9. The number of carbonyl (C=O) groups is 3. The van der Waals surface area contributed by atoms with Crippen LogP contribution in [0.4, 0.5) is 0 Å². The van der Waals surface area contributed by atoms with Crippen molar-refractivity contribution in [2.45, 2.75) is 82.8 Å². The van der Waals surface area contributed by atoms with Crippen LogP contribution < -0.4 is 0 Å². The summed E-state index contributed by atoms with van der Waals surface area (Å²) in [5, 5.41) is 29.2. The number of hydrogen-bond acceptors (Lipinski definition) is 5. The number of carbonyl (C=O) groups excluding carboxylic acids is 2. The Morgan fingerprint density at radius 1 is 0.815 bits per heavy atom. The van der Waals surface area contributed by atoms with Crippen LogP contribution in [0.25, 0.3) is 0 Å². The highest BCUT2D eigenvalue weighted by atomic mass is 16.4. The van der Waals surface area contributed by atoms with Crippen molar-refractivity contribution in [1.82, 2.24) is 0 Å². The van der Waals surface area contributed by atoms with Crippen molar-refractivity contribution in [3.8, 4) is 0 Å². The van der Waals surface area contributed by atoms with Crippen LogP contribution in [0.2, 0.25) is 0 Å². The number of unbranched alkanes of at least 4 members (excludes halogenated alkanes) is 3. The standard InChI is InChI=1S/C21H32O6/c22-17(21(27)14-7-5-6-8-14)12-11-16-15(18(23)13-19(16)24)9-3-1-2-4-10-20(25)26/h5-6,14-16,18-19,23-24H,1-4,7-13H2,(H,25,26)/t15-,16-,18+,19-/m1/s1. The fourth-order valence-electron chi connectivity index (χ4n) is 4.47. The number of ketones is 2. The Morgan fingerprint density at radius 3 is 2.04 bits per heavy atom. The fourth-order valence-corrected chi connectivity index (χ4v) is 4.47. The smallest absolute Gasteiger partial charge is 0.303 e. The summed E-state index contributed by atoms with van der Waals surface area (Å²) in [6.45, 7) is 0. The van der Waals surface area contributed by atoms with Gasteiger partial charge in [0.2, 0.25) is 5.78 Å². The monoisotopic (exact) mass is 380 g/mol. The Hall–Kier alpha value is -1.53. The Morgan fingerprint density at radius 2 is 1.41 bits per heavy atom. The number of carboxylic acids is 1. The molecule has 4 atom stereocenters. The lowest BCUT2D eigenvalue weighted by atomic mass is 9.84. The molecule has 0 saturated heterocycles. The Bertz CT molecular complexity index is 547. The third kappa shape index (κ3) is 6.54. The number of Topliss-reactive ketones (excluding diaryl/α,β-unsaturated/α-hetero) is 2. The number of aliphatic carboxylic acids is 1. The van der Waals surface area contributed by atoms with E-state index in [1.54, 1.807) is 0 Å². The topological polar surface area (TPSA) is 112 Å². The van der Waals surface area contributed by atoms with Crippen LogP contribution in [0.1, 0.15) is 70.6 Å². The van der Waals surface area contributed by atoms with Crippen LogP contribution in [-0.4, -0.2) is 45.1 Å². The van der Waals surface area contributed by atoms with Crippen molar-refractivity contribution < 1.29 is 29.7 Å². The summed E-state index contributed by atoms with van der Waals surface area (Å²) in [6, 6.07) is 0. The third-order valence-electron chi connectivity index (χ3n) is 6.06. The van der Waals surface area contributed by atoms with Crippen LogP contribution in [0.5, 0.6) is 0 Å². The van der Waals surface area contributed by atoms with Gasteiger partial charge in [-0.25, -0.2) is 0 Å². The Kier molecular flexibility index (Phi) is 8.64. The molecule has 1 saturated carbocycles. The van der Waals surface area contributed by atoms with Crippen LogP contribution in [-0.2, 0) is 14.4 Å². The predicted molar refractivity (Wildman–Crippen MR) is 100 cm³/mol. The van der Waals surface area contributed by atoms with Gasteiger partial charge in [-0.15, -0.1) is 0 Å². The molecule has 2 rings (SSSR count).